The number of carbonyl (C=O) groups excluding carboxylic acids is 1. The Kier molecular flexibility index (Phi) is 3.18. The average Bonchev–Trinajstić information content (AvgIpc) is 3.04. The van der Waals surface area contributed by atoms with Crippen LogP contribution in [0.25, 0.3) is 4.96 Å². The fourth-order valence-corrected chi connectivity index (χ4v) is 3.63. The molecule has 0 atom stereocenters. The molecular formula is C12H12ClN3O3S. The Morgan fingerprint density at radius 3 is 2.80 bits per heavy atom. The Labute approximate surface area is 123 Å². The molecule has 1 aliphatic carbocycles. The number of aliphatic carboxylic acids is 1. The molecule has 0 bridgehead atoms. The maximum Gasteiger partial charge on any atom is 0.329 e. The van der Waals surface area contributed by atoms with E-state index < -0.39 is 17.4 Å². The molecule has 6 nitrogen and oxygen atoms in total. The lowest BCUT2D eigenvalue weighted by atomic mass is 9.97. The zero-order valence-corrected chi connectivity index (χ0v) is 12.0. The van der Waals surface area contributed by atoms with E-state index in [1.54, 1.807) is 16.0 Å². The van der Waals surface area contributed by atoms with Crippen molar-refractivity contribution < 1.29 is 14.7 Å². The number of rotatable bonds is 3. The lowest BCUT2D eigenvalue weighted by molar-refractivity contribution is -0.144. The largest absolute Gasteiger partial charge is 0.480 e. The van der Waals surface area contributed by atoms with Gasteiger partial charge in [-0.15, -0.1) is 11.3 Å². The van der Waals surface area contributed by atoms with Gasteiger partial charge in [-0.25, -0.2) is 9.78 Å². The van der Waals surface area contributed by atoms with Crippen LogP contribution in [0.5, 0.6) is 0 Å². The van der Waals surface area contributed by atoms with Gasteiger partial charge in [-0.3, -0.25) is 9.20 Å². The molecule has 2 heterocycles. The van der Waals surface area contributed by atoms with E-state index in [0.717, 1.165) is 12.8 Å². The Hall–Kier alpha value is -1.60. The first-order chi connectivity index (χ1) is 9.53. The van der Waals surface area contributed by atoms with Crippen LogP contribution in [-0.2, 0) is 4.79 Å². The maximum atomic E-state index is 12.4. The molecule has 1 amide bonds. The first kappa shape index (κ1) is 13.4. The lowest BCUT2D eigenvalue weighted by Gasteiger charge is -2.25. The van der Waals surface area contributed by atoms with E-state index >= 15 is 0 Å². The minimum absolute atomic E-state index is 0.0906. The van der Waals surface area contributed by atoms with E-state index in [1.807, 2.05) is 0 Å². The highest BCUT2D eigenvalue weighted by Gasteiger charge is 2.43. The summed E-state index contributed by atoms with van der Waals surface area (Å²) in [5.74, 6) is -1.49. The summed E-state index contributed by atoms with van der Waals surface area (Å²) >= 11 is 7.34. The van der Waals surface area contributed by atoms with Gasteiger partial charge < -0.3 is 10.4 Å². The van der Waals surface area contributed by atoms with Crippen molar-refractivity contribution in [3.05, 3.63) is 22.4 Å². The fraction of sp³-hybridized carbons (Fsp3) is 0.417. The quantitative estimate of drug-likeness (QED) is 0.909. The van der Waals surface area contributed by atoms with Gasteiger partial charge in [-0.1, -0.05) is 24.4 Å². The highest BCUT2D eigenvalue weighted by Crippen LogP contribution is 2.31. The number of imidazole rings is 1. The second kappa shape index (κ2) is 4.75. The van der Waals surface area contributed by atoms with Crippen LogP contribution in [0.2, 0.25) is 5.15 Å². The number of carbonyl (C=O) groups is 2. The molecule has 1 saturated carbocycles. The average molecular weight is 314 g/mol. The molecule has 0 unspecified atom stereocenters. The lowest BCUT2D eigenvalue weighted by Crippen LogP contribution is -2.52. The van der Waals surface area contributed by atoms with Crippen molar-refractivity contribution in [2.24, 2.45) is 0 Å². The van der Waals surface area contributed by atoms with Crippen molar-refractivity contribution in [1.29, 1.82) is 0 Å². The van der Waals surface area contributed by atoms with Gasteiger partial charge in [0.2, 0.25) is 0 Å². The number of amides is 1. The summed E-state index contributed by atoms with van der Waals surface area (Å²) in [5, 5.41) is 13.9. The number of hydrogen-bond acceptors (Lipinski definition) is 4. The zero-order chi connectivity index (χ0) is 14.3. The van der Waals surface area contributed by atoms with Crippen LogP contribution < -0.4 is 5.32 Å². The Morgan fingerprint density at radius 1 is 1.45 bits per heavy atom. The Bertz CT molecular complexity index is 687. The van der Waals surface area contributed by atoms with Crippen molar-refractivity contribution in [2.75, 3.05) is 0 Å². The van der Waals surface area contributed by atoms with Crippen LogP contribution in [0.1, 0.15) is 36.2 Å². The maximum absolute atomic E-state index is 12.4. The third kappa shape index (κ3) is 1.97. The number of carboxylic acid groups (broad SMARTS) is 1. The van der Waals surface area contributed by atoms with E-state index in [0.29, 0.717) is 17.8 Å². The normalized spacial score (nSPS) is 17.4. The van der Waals surface area contributed by atoms with Gasteiger partial charge in [-0.2, -0.15) is 0 Å². The number of thiazole rings is 1. The van der Waals surface area contributed by atoms with Crippen molar-refractivity contribution in [3.8, 4) is 0 Å². The van der Waals surface area contributed by atoms with Crippen LogP contribution in [0, 0.1) is 0 Å². The summed E-state index contributed by atoms with van der Waals surface area (Å²) < 4.78 is 1.58. The second-order valence-electron chi connectivity index (χ2n) is 4.86. The van der Waals surface area contributed by atoms with Gasteiger partial charge in [0.25, 0.3) is 5.91 Å². The highest BCUT2D eigenvalue weighted by molar-refractivity contribution is 7.15. The summed E-state index contributed by atoms with van der Waals surface area (Å²) in [6.45, 7) is 0. The molecule has 2 N–H and O–H groups in total. The Morgan fingerprint density at radius 2 is 2.15 bits per heavy atom. The van der Waals surface area contributed by atoms with E-state index in [-0.39, 0.29) is 10.8 Å². The molecule has 2 aromatic rings. The van der Waals surface area contributed by atoms with Gasteiger partial charge in [0.1, 0.15) is 5.54 Å². The van der Waals surface area contributed by atoms with Crippen LogP contribution in [-0.4, -0.2) is 31.9 Å². The number of carboxylic acids is 1. The molecule has 0 radical (unpaired) electrons. The molecule has 0 saturated heterocycles. The summed E-state index contributed by atoms with van der Waals surface area (Å²) in [6, 6.07) is 0. The third-order valence-corrected chi connectivity index (χ3v) is 4.67. The van der Waals surface area contributed by atoms with Crippen LogP contribution in [0.3, 0.4) is 0 Å². The molecule has 3 rings (SSSR count). The molecule has 106 valence electrons. The van der Waals surface area contributed by atoms with E-state index in [9.17, 15) is 14.7 Å². The molecular weight excluding hydrogens is 302 g/mol. The first-order valence-electron chi connectivity index (χ1n) is 6.20. The van der Waals surface area contributed by atoms with Crippen molar-refractivity contribution in [2.45, 2.75) is 31.2 Å². The smallest absolute Gasteiger partial charge is 0.329 e. The van der Waals surface area contributed by atoms with E-state index in [4.69, 9.17) is 11.6 Å². The molecule has 0 aliphatic heterocycles. The number of hydrogen-bond donors (Lipinski definition) is 2. The number of nitrogens with one attached hydrogen (secondary N) is 1. The van der Waals surface area contributed by atoms with Crippen molar-refractivity contribution in [1.82, 2.24) is 14.7 Å². The zero-order valence-electron chi connectivity index (χ0n) is 10.4. The molecule has 8 heteroatoms. The van der Waals surface area contributed by atoms with Gasteiger partial charge in [0.05, 0.1) is 0 Å². The van der Waals surface area contributed by atoms with Gasteiger partial charge in [0.15, 0.2) is 15.8 Å². The minimum atomic E-state index is -1.18. The SMILES string of the molecule is O=C(NC1(C(=O)O)CCCC1)c1c(Cl)nc2sccn12. The highest BCUT2D eigenvalue weighted by atomic mass is 35.5. The molecule has 20 heavy (non-hydrogen) atoms. The number of nitrogens with zero attached hydrogens (tertiary/aromatic N) is 2. The van der Waals surface area contributed by atoms with E-state index in [1.165, 1.54) is 11.3 Å². The van der Waals surface area contributed by atoms with Crippen molar-refractivity contribution >= 4 is 39.8 Å². The monoisotopic (exact) mass is 313 g/mol. The summed E-state index contributed by atoms with van der Waals surface area (Å²) in [7, 11) is 0. The van der Waals surface area contributed by atoms with Crippen LogP contribution in [0.4, 0.5) is 0 Å². The molecule has 1 aliphatic rings. The fourth-order valence-electron chi connectivity index (χ4n) is 2.61. The standard InChI is InChI=1S/C12H12ClN3O3S/c13-8-7(16-5-6-20-11(16)14-8)9(17)15-12(10(18)19)3-1-2-4-12/h5-6H,1-4H2,(H,15,17)(H,18,19). The van der Waals surface area contributed by atoms with Crippen molar-refractivity contribution in [3.63, 3.8) is 0 Å². The number of halogens is 1. The molecule has 1 fully saturated rings. The molecule has 2 aromatic heterocycles. The molecule has 0 spiro atoms. The first-order valence-corrected chi connectivity index (χ1v) is 7.46. The number of aromatic nitrogens is 2. The molecule has 0 aromatic carbocycles. The summed E-state index contributed by atoms with van der Waals surface area (Å²) in [6.07, 6.45) is 4.16. The van der Waals surface area contributed by atoms with E-state index in [2.05, 4.69) is 10.3 Å². The van der Waals surface area contributed by atoms with Gasteiger partial charge in [-0.05, 0) is 12.8 Å². The minimum Gasteiger partial charge on any atom is -0.480 e. The predicted molar refractivity (Wildman–Crippen MR) is 74.4 cm³/mol. The second-order valence-corrected chi connectivity index (χ2v) is 6.09. The van der Waals surface area contributed by atoms with Crippen LogP contribution >= 0.6 is 22.9 Å². The van der Waals surface area contributed by atoms with Gasteiger partial charge >= 0.3 is 5.97 Å². The third-order valence-electron chi connectivity index (χ3n) is 3.65. The topological polar surface area (TPSA) is 83.7 Å². The summed E-state index contributed by atoms with van der Waals surface area (Å²) in [5.41, 5.74) is -0.990. The Balaban J connectivity index is 1.94. The predicted octanol–water partition coefficient (Wildman–Crippen LogP) is 2.18. The van der Waals surface area contributed by atoms with Crippen LogP contribution in [0.15, 0.2) is 11.6 Å². The number of fused-ring (bicyclic) bond motifs is 1. The van der Waals surface area contributed by atoms with Gasteiger partial charge in [0, 0.05) is 11.6 Å². The summed E-state index contributed by atoms with van der Waals surface area (Å²) in [4.78, 5) is 28.5.